The van der Waals surface area contributed by atoms with Crippen LogP contribution in [0.4, 0.5) is 34.1 Å². The van der Waals surface area contributed by atoms with Gasteiger partial charge in [-0.15, -0.1) is 0 Å². The Kier molecular flexibility index (Phi) is 10.2. The van der Waals surface area contributed by atoms with Crippen LogP contribution in [-0.4, -0.2) is 9.85 Å². The van der Waals surface area contributed by atoms with E-state index in [1.54, 1.807) is 24.3 Å². The van der Waals surface area contributed by atoms with Crippen LogP contribution >= 0.6 is 0 Å². The van der Waals surface area contributed by atoms with Crippen LogP contribution in [0.25, 0.3) is 21.5 Å². The van der Waals surface area contributed by atoms with E-state index in [1.165, 1.54) is 60.7 Å². The van der Waals surface area contributed by atoms with E-state index in [-0.39, 0.29) is 51.6 Å². The van der Waals surface area contributed by atoms with Crippen LogP contribution in [0.2, 0.25) is 0 Å². The molecule has 0 aromatic heterocycles. The number of hydrogen-bond donors (Lipinski definition) is 0. The molecule has 0 aliphatic heterocycles. The van der Waals surface area contributed by atoms with E-state index in [4.69, 9.17) is 0 Å². The van der Waals surface area contributed by atoms with Gasteiger partial charge in [0.1, 0.15) is 0 Å². The topological polar surface area (TPSA) is 182 Å². The van der Waals surface area contributed by atoms with E-state index >= 15 is 0 Å². The van der Waals surface area contributed by atoms with Gasteiger partial charge in [-0.1, -0.05) is 84.3 Å². The van der Waals surface area contributed by atoms with Crippen LogP contribution in [-0.2, 0) is 17.4 Å². The van der Waals surface area contributed by atoms with Gasteiger partial charge in [0.15, 0.2) is 0 Å². The molecule has 0 heterocycles. The predicted molar refractivity (Wildman–Crippen MR) is 161 cm³/mol. The first-order chi connectivity index (χ1) is 21.3. The Morgan fingerprint density at radius 2 is 0.800 bits per heavy atom. The number of azo groups is 2. The van der Waals surface area contributed by atoms with Crippen molar-refractivity contribution >= 4 is 55.7 Å². The number of nitro groups is 2. The largest absolute Gasteiger partial charge is 3.00 e. The van der Waals surface area contributed by atoms with Crippen molar-refractivity contribution in [1.29, 1.82) is 0 Å². The molecule has 0 saturated carbocycles. The van der Waals surface area contributed by atoms with Crippen molar-refractivity contribution in [2.45, 2.75) is 0 Å². The zero-order valence-electron chi connectivity index (χ0n) is 23.1. The van der Waals surface area contributed by atoms with Crippen LogP contribution in [0.1, 0.15) is 0 Å². The van der Waals surface area contributed by atoms with E-state index < -0.39 is 9.85 Å². The molecule has 0 atom stereocenters. The van der Waals surface area contributed by atoms with Crippen LogP contribution < -0.4 is 10.2 Å². The molecule has 0 N–H and O–H groups in total. The molecule has 0 aliphatic carbocycles. The zero-order valence-corrected chi connectivity index (χ0v) is 24.4. The van der Waals surface area contributed by atoms with E-state index in [2.05, 4.69) is 20.5 Å². The molecule has 1 radical (unpaired) electrons. The van der Waals surface area contributed by atoms with Crippen molar-refractivity contribution in [3.8, 4) is 11.5 Å². The first kappa shape index (κ1) is 31.9. The summed E-state index contributed by atoms with van der Waals surface area (Å²) in [4.78, 5) is 20.2. The van der Waals surface area contributed by atoms with Crippen LogP contribution in [0.3, 0.4) is 0 Å². The Balaban J connectivity index is 0.000000200. The molecule has 0 aliphatic rings. The third-order valence-corrected chi connectivity index (χ3v) is 6.38. The van der Waals surface area contributed by atoms with Gasteiger partial charge < -0.3 is 10.2 Å². The number of non-ortho nitro benzene ring substituents is 2. The van der Waals surface area contributed by atoms with Gasteiger partial charge in [0, 0.05) is 35.0 Å². The molecule has 219 valence electrons. The molecule has 0 unspecified atom stereocenters. The Morgan fingerprint density at radius 3 is 1.16 bits per heavy atom. The summed E-state index contributed by atoms with van der Waals surface area (Å²) in [6.07, 6.45) is 0. The first-order valence-corrected chi connectivity index (χ1v) is 13.0. The van der Waals surface area contributed by atoms with Gasteiger partial charge in [-0.05, 0) is 35.0 Å². The number of hydrogen-bond acceptors (Lipinski definition) is 10. The van der Waals surface area contributed by atoms with E-state index in [0.29, 0.717) is 11.4 Å². The molecule has 6 aromatic rings. The van der Waals surface area contributed by atoms with Gasteiger partial charge in [0.25, 0.3) is 11.4 Å². The molecule has 6 aromatic carbocycles. The molecule has 0 spiro atoms. The SMILES string of the molecule is O=[N+]([O-])c1ccc(N=Nc2c([O-])ccc3ccccc23)cc1.O=[N+]([O-])c1ccc(N=Nc2c([O-])ccc3ccccc23)cc1.[Cr+3]. The smallest absolute Gasteiger partial charge is 0.871 e. The van der Waals surface area contributed by atoms with Crippen LogP contribution in [0, 0.1) is 20.2 Å². The third kappa shape index (κ3) is 7.68. The number of rotatable bonds is 6. The number of benzene rings is 6. The van der Waals surface area contributed by atoms with Gasteiger partial charge >= 0.3 is 17.4 Å². The normalized spacial score (nSPS) is 10.8. The van der Waals surface area contributed by atoms with Crippen molar-refractivity contribution in [3.63, 3.8) is 0 Å². The summed E-state index contributed by atoms with van der Waals surface area (Å²) in [7, 11) is 0. The minimum absolute atomic E-state index is 0. The Morgan fingerprint density at radius 1 is 0.444 bits per heavy atom. The van der Waals surface area contributed by atoms with Crippen molar-refractivity contribution in [2.75, 3.05) is 0 Å². The molecule has 0 saturated heterocycles. The van der Waals surface area contributed by atoms with Crippen molar-refractivity contribution in [1.82, 2.24) is 0 Å². The fourth-order valence-corrected chi connectivity index (χ4v) is 4.17. The van der Waals surface area contributed by atoms with Crippen molar-refractivity contribution in [2.24, 2.45) is 20.5 Å². The summed E-state index contributed by atoms with van der Waals surface area (Å²) in [6.45, 7) is 0. The zero-order chi connectivity index (χ0) is 31.1. The second-order valence-electron chi connectivity index (χ2n) is 9.21. The third-order valence-electron chi connectivity index (χ3n) is 6.38. The summed E-state index contributed by atoms with van der Waals surface area (Å²) in [5.41, 5.74) is 1.37. The van der Waals surface area contributed by atoms with Crippen LogP contribution in [0.15, 0.2) is 142 Å². The molecule has 0 amide bonds. The minimum Gasteiger partial charge on any atom is -0.871 e. The van der Waals surface area contributed by atoms with Gasteiger partial charge in [-0.2, -0.15) is 20.5 Å². The van der Waals surface area contributed by atoms with E-state index in [1.807, 2.05) is 36.4 Å². The van der Waals surface area contributed by atoms with Crippen molar-refractivity contribution < 1.29 is 37.4 Å². The molecular weight excluding hydrogens is 616 g/mol. The Hall–Kier alpha value is -6.03. The number of nitrogens with zero attached hydrogens (tertiary/aromatic N) is 6. The summed E-state index contributed by atoms with van der Waals surface area (Å²) in [5.74, 6) is -0.436. The number of fused-ring (bicyclic) bond motifs is 2. The molecule has 6 rings (SSSR count). The monoisotopic (exact) mass is 636 g/mol. The molecule has 45 heavy (non-hydrogen) atoms. The fraction of sp³-hybridized carbons (Fsp3) is 0. The molecule has 0 bridgehead atoms. The molecule has 13 heteroatoms. The van der Waals surface area contributed by atoms with Gasteiger partial charge in [0.2, 0.25) is 0 Å². The average Bonchev–Trinajstić information content (AvgIpc) is 3.04. The fourth-order valence-electron chi connectivity index (χ4n) is 4.17. The number of nitro benzene ring substituents is 2. The Bertz CT molecular complexity index is 1900. The quantitative estimate of drug-likeness (QED) is 0.100. The second-order valence-corrected chi connectivity index (χ2v) is 9.21. The van der Waals surface area contributed by atoms with Gasteiger partial charge in [-0.3, -0.25) is 20.2 Å². The maximum absolute atomic E-state index is 12.0. The predicted octanol–water partition coefficient (Wildman–Crippen LogP) is 8.47. The van der Waals surface area contributed by atoms with E-state index in [0.717, 1.165) is 21.5 Å². The summed E-state index contributed by atoms with van der Waals surface area (Å²) >= 11 is 0. The first-order valence-electron chi connectivity index (χ1n) is 13.0. The minimum atomic E-state index is -0.485. The maximum atomic E-state index is 12.0. The second kappa shape index (κ2) is 14.4. The maximum Gasteiger partial charge on any atom is 3.00 e. The van der Waals surface area contributed by atoms with Gasteiger partial charge in [-0.25, -0.2) is 0 Å². The summed E-state index contributed by atoms with van der Waals surface area (Å²) in [5, 5.41) is 64.4. The van der Waals surface area contributed by atoms with Crippen molar-refractivity contribution in [3.05, 3.63) is 142 Å². The molecule has 12 nitrogen and oxygen atoms in total. The molecule has 0 fully saturated rings. The van der Waals surface area contributed by atoms with E-state index in [9.17, 15) is 30.4 Å². The van der Waals surface area contributed by atoms with Crippen LogP contribution in [0.5, 0.6) is 11.5 Å². The summed E-state index contributed by atoms with van der Waals surface area (Å²) < 4.78 is 0. The standard InChI is InChI=1S/2C16H11N3O3.Cr/c2*20-15-10-5-11-3-1-2-4-14(11)16(15)18-17-12-6-8-13(9-7-12)19(21)22;/h2*1-10,20H;/q;;+3/p-2. The molecular formula is C32H20CrN6O6+. The average molecular weight is 637 g/mol. The van der Waals surface area contributed by atoms with Gasteiger partial charge in [0.05, 0.1) is 32.6 Å². The Labute approximate surface area is 266 Å². The summed E-state index contributed by atoms with van der Waals surface area (Å²) in [6, 6.07) is 32.5.